The van der Waals surface area contributed by atoms with Crippen molar-refractivity contribution in [2.45, 2.75) is 13.8 Å². The van der Waals surface area contributed by atoms with Crippen molar-refractivity contribution in [2.24, 2.45) is 7.05 Å². The van der Waals surface area contributed by atoms with E-state index in [2.05, 4.69) is 11.7 Å². The van der Waals surface area contributed by atoms with Crippen molar-refractivity contribution in [2.75, 3.05) is 12.5 Å². The first kappa shape index (κ1) is 11.1. The lowest BCUT2D eigenvalue weighted by Crippen LogP contribution is -2.02. The highest BCUT2D eigenvalue weighted by atomic mass is 35.5. The van der Waals surface area contributed by atoms with Crippen LogP contribution >= 0.6 is 11.6 Å². The summed E-state index contributed by atoms with van der Waals surface area (Å²) < 4.78 is 7.37. The van der Waals surface area contributed by atoms with Crippen molar-refractivity contribution < 1.29 is 4.74 Å². The molecular weight excluding hydrogens is 200 g/mol. The summed E-state index contributed by atoms with van der Waals surface area (Å²) in [4.78, 5) is 0. The lowest BCUT2D eigenvalue weighted by atomic mass is 10.3. The third-order valence-corrected chi connectivity index (χ3v) is 2.43. The molecule has 0 saturated carbocycles. The third-order valence-electron chi connectivity index (χ3n) is 2.05. The van der Waals surface area contributed by atoms with Crippen LogP contribution in [0.15, 0.2) is 12.2 Å². The summed E-state index contributed by atoms with van der Waals surface area (Å²) in [6, 6.07) is 0. The predicted molar refractivity (Wildman–Crippen MR) is 58.0 cm³/mol. The molecule has 0 radical (unpaired) electrons. The number of alkyl halides is 1. The predicted octanol–water partition coefficient (Wildman–Crippen LogP) is 2.21. The van der Waals surface area contributed by atoms with Gasteiger partial charge in [0.05, 0.1) is 5.69 Å². The quantitative estimate of drug-likeness (QED) is 0.568. The Bertz CT molecular complexity index is 344. The van der Waals surface area contributed by atoms with E-state index in [4.69, 9.17) is 16.3 Å². The summed E-state index contributed by atoms with van der Waals surface area (Å²) in [6.07, 6.45) is 0. The molecule has 0 aromatic carbocycles. The third kappa shape index (κ3) is 2.29. The fourth-order valence-electron chi connectivity index (χ4n) is 1.18. The van der Waals surface area contributed by atoms with E-state index in [9.17, 15) is 0 Å². The van der Waals surface area contributed by atoms with Crippen LogP contribution in [0, 0.1) is 13.8 Å². The highest BCUT2D eigenvalue weighted by Gasteiger charge is 2.10. The van der Waals surface area contributed by atoms with Gasteiger partial charge in [-0.15, -0.1) is 11.6 Å². The molecule has 1 rings (SSSR count). The second kappa shape index (κ2) is 4.51. The highest BCUT2D eigenvalue weighted by Crippen LogP contribution is 2.21. The monoisotopic (exact) mass is 214 g/mol. The number of hydrogen-bond acceptors (Lipinski definition) is 2. The fraction of sp³-hybridized carbons (Fsp3) is 0.500. The van der Waals surface area contributed by atoms with Crippen molar-refractivity contribution in [3.63, 3.8) is 0 Å². The van der Waals surface area contributed by atoms with Crippen molar-refractivity contribution in [1.29, 1.82) is 0 Å². The van der Waals surface area contributed by atoms with Crippen LogP contribution in [0.1, 0.15) is 11.4 Å². The highest BCUT2D eigenvalue weighted by molar-refractivity contribution is 6.19. The molecule has 78 valence electrons. The molecule has 1 aromatic heterocycles. The zero-order valence-electron chi connectivity index (χ0n) is 8.80. The van der Waals surface area contributed by atoms with Gasteiger partial charge in [0.2, 0.25) is 0 Å². The van der Waals surface area contributed by atoms with Gasteiger partial charge in [-0.1, -0.05) is 6.58 Å². The summed E-state index contributed by atoms with van der Waals surface area (Å²) in [5.74, 6) is 1.26. The Morgan fingerprint density at radius 3 is 2.64 bits per heavy atom. The van der Waals surface area contributed by atoms with Crippen LogP contribution in [-0.2, 0) is 7.05 Å². The van der Waals surface area contributed by atoms with E-state index in [1.807, 2.05) is 20.9 Å². The Balaban J connectivity index is 2.71. The minimum atomic E-state index is 0.429. The van der Waals surface area contributed by atoms with Crippen LogP contribution in [0.25, 0.3) is 0 Å². The van der Waals surface area contributed by atoms with Crippen molar-refractivity contribution >= 4 is 11.6 Å². The Morgan fingerprint density at radius 2 is 2.21 bits per heavy atom. The molecule has 0 aliphatic carbocycles. The van der Waals surface area contributed by atoms with Crippen molar-refractivity contribution in [3.8, 4) is 5.75 Å². The van der Waals surface area contributed by atoms with E-state index < -0.39 is 0 Å². The Morgan fingerprint density at radius 1 is 1.57 bits per heavy atom. The molecule has 0 fully saturated rings. The lowest BCUT2D eigenvalue weighted by molar-refractivity contribution is 0.347. The number of nitrogens with zero attached hydrogens (tertiary/aromatic N) is 2. The van der Waals surface area contributed by atoms with Gasteiger partial charge >= 0.3 is 0 Å². The smallest absolute Gasteiger partial charge is 0.163 e. The molecular formula is C10H15ClN2O. The molecule has 0 N–H and O–H groups in total. The molecule has 0 amide bonds. The van der Waals surface area contributed by atoms with E-state index in [-0.39, 0.29) is 0 Å². The second-order valence-electron chi connectivity index (χ2n) is 3.30. The number of halogens is 1. The summed E-state index contributed by atoms with van der Waals surface area (Å²) in [7, 11) is 1.89. The maximum absolute atomic E-state index is 5.60. The van der Waals surface area contributed by atoms with Crippen LogP contribution in [0.5, 0.6) is 5.75 Å². The van der Waals surface area contributed by atoms with Gasteiger partial charge in [-0.05, 0) is 19.4 Å². The summed E-state index contributed by atoms with van der Waals surface area (Å²) in [5, 5.41) is 4.24. The Labute approximate surface area is 89.3 Å². The number of rotatable bonds is 4. The summed E-state index contributed by atoms with van der Waals surface area (Å²) >= 11 is 5.60. The molecule has 0 unspecified atom stereocenters. The van der Waals surface area contributed by atoms with Crippen LogP contribution in [0.2, 0.25) is 0 Å². The number of aryl methyl sites for hydroxylation is 2. The van der Waals surface area contributed by atoms with Gasteiger partial charge in [-0.25, -0.2) is 0 Å². The van der Waals surface area contributed by atoms with E-state index in [1.165, 1.54) is 0 Å². The molecule has 0 spiro atoms. The maximum Gasteiger partial charge on any atom is 0.163 e. The molecule has 0 bridgehead atoms. The molecule has 0 saturated heterocycles. The van der Waals surface area contributed by atoms with Gasteiger partial charge in [0, 0.05) is 12.9 Å². The molecule has 4 heteroatoms. The molecule has 0 aliphatic heterocycles. The van der Waals surface area contributed by atoms with E-state index >= 15 is 0 Å². The van der Waals surface area contributed by atoms with Gasteiger partial charge in [0.1, 0.15) is 12.3 Å². The number of aromatic nitrogens is 2. The number of hydrogen-bond donors (Lipinski definition) is 0. The molecule has 0 aliphatic rings. The van der Waals surface area contributed by atoms with E-state index in [1.54, 1.807) is 4.68 Å². The van der Waals surface area contributed by atoms with E-state index in [0.29, 0.717) is 12.5 Å². The molecule has 1 aromatic rings. The van der Waals surface area contributed by atoms with Crippen LogP contribution in [-0.4, -0.2) is 22.3 Å². The van der Waals surface area contributed by atoms with Gasteiger partial charge in [0.25, 0.3) is 0 Å². The second-order valence-corrected chi connectivity index (χ2v) is 3.56. The van der Waals surface area contributed by atoms with Gasteiger partial charge in [-0.3, -0.25) is 4.68 Å². The minimum absolute atomic E-state index is 0.429. The first-order valence-corrected chi connectivity index (χ1v) is 4.95. The first-order chi connectivity index (χ1) is 6.56. The van der Waals surface area contributed by atoms with E-state index in [0.717, 1.165) is 22.7 Å². The first-order valence-electron chi connectivity index (χ1n) is 4.42. The standard InChI is InChI=1S/C10H15ClN2O/c1-7(5-11)6-14-10-8(2)12-13(4)9(10)3/h1,5-6H2,2-4H3. The molecule has 3 nitrogen and oxygen atoms in total. The SMILES string of the molecule is C=C(CCl)COc1c(C)nn(C)c1C. The topological polar surface area (TPSA) is 27.1 Å². The average molecular weight is 215 g/mol. The maximum atomic E-state index is 5.60. The van der Waals surface area contributed by atoms with Gasteiger partial charge < -0.3 is 4.74 Å². The average Bonchev–Trinajstić information content (AvgIpc) is 2.39. The van der Waals surface area contributed by atoms with Crippen LogP contribution in [0.3, 0.4) is 0 Å². The van der Waals surface area contributed by atoms with Crippen molar-refractivity contribution in [1.82, 2.24) is 9.78 Å². The zero-order chi connectivity index (χ0) is 10.7. The Hall–Kier alpha value is -0.960. The molecule has 14 heavy (non-hydrogen) atoms. The molecule has 1 heterocycles. The normalized spacial score (nSPS) is 10.3. The minimum Gasteiger partial charge on any atom is -0.485 e. The summed E-state index contributed by atoms with van der Waals surface area (Å²) in [6.45, 7) is 8.12. The lowest BCUT2D eigenvalue weighted by Gasteiger charge is -2.06. The van der Waals surface area contributed by atoms with Gasteiger partial charge in [0.15, 0.2) is 5.75 Å². The zero-order valence-corrected chi connectivity index (χ0v) is 9.56. The van der Waals surface area contributed by atoms with Crippen molar-refractivity contribution in [3.05, 3.63) is 23.5 Å². The number of ether oxygens (including phenoxy) is 1. The fourth-order valence-corrected chi connectivity index (χ4v) is 1.25. The Kier molecular flexibility index (Phi) is 3.58. The van der Waals surface area contributed by atoms with Gasteiger partial charge in [-0.2, -0.15) is 5.10 Å². The largest absolute Gasteiger partial charge is 0.485 e. The molecule has 0 atom stereocenters. The summed E-state index contributed by atoms with van der Waals surface area (Å²) in [5.41, 5.74) is 2.78. The van der Waals surface area contributed by atoms with Crippen LogP contribution in [0.4, 0.5) is 0 Å². The van der Waals surface area contributed by atoms with Crippen LogP contribution < -0.4 is 4.74 Å².